The molecule has 0 fully saturated rings. The van der Waals surface area contributed by atoms with Crippen molar-refractivity contribution in [3.05, 3.63) is 48.3 Å². The topological polar surface area (TPSA) is 73.7 Å². The maximum atomic E-state index is 12.1. The highest BCUT2D eigenvalue weighted by Gasteiger charge is 2.18. The van der Waals surface area contributed by atoms with Crippen LogP contribution in [-0.4, -0.2) is 28.2 Å². The lowest BCUT2D eigenvalue weighted by Gasteiger charge is -2.17. The van der Waals surface area contributed by atoms with Crippen molar-refractivity contribution in [2.75, 3.05) is 11.9 Å². The zero-order chi connectivity index (χ0) is 13.1. The first kappa shape index (κ1) is 11.9. The van der Waals surface area contributed by atoms with Crippen LogP contribution in [0.5, 0.6) is 11.5 Å². The van der Waals surface area contributed by atoms with Crippen LogP contribution >= 0.6 is 0 Å². The van der Waals surface area contributed by atoms with Crippen molar-refractivity contribution in [1.82, 2.24) is 4.98 Å². The molecule has 2 aromatic rings. The van der Waals surface area contributed by atoms with Gasteiger partial charge in [-0.1, -0.05) is 6.07 Å². The lowest BCUT2D eigenvalue weighted by atomic mass is 10.1. The molecule has 1 heterocycles. The first-order valence-electron chi connectivity index (χ1n) is 5.30. The van der Waals surface area contributed by atoms with Gasteiger partial charge in [-0.15, -0.1) is 0 Å². The Balaban J connectivity index is 2.35. The summed E-state index contributed by atoms with van der Waals surface area (Å²) in [5.41, 5.74) is 0.645. The van der Waals surface area contributed by atoms with Crippen LogP contribution in [-0.2, 0) is 0 Å². The van der Waals surface area contributed by atoms with Gasteiger partial charge in [0.2, 0.25) is 0 Å². The Morgan fingerprint density at radius 3 is 2.67 bits per heavy atom. The number of carbonyl (C=O) groups excluding carboxylic acids is 1. The summed E-state index contributed by atoms with van der Waals surface area (Å²) in [6, 6.07) is 7.70. The van der Waals surface area contributed by atoms with Crippen molar-refractivity contribution in [2.45, 2.75) is 0 Å². The average molecular weight is 244 g/mol. The fourth-order valence-electron chi connectivity index (χ4n) is 1.55. The summed E-state index contributed by atoms with van der Waals surface area (Å²) in [4.78, 5) is 17.4. The summed E-state index contributed by atoms with van der Waals surface area (Å²) in [7, 11) is 1.57. The molecule has 0 bridgehead atoms. The molecule has 0 unspecified atom stereocenters. The van der Waals surface area contributed by atoms with Gasteiger partial charge >= 0.3 is 0 Å². The summed E-state index contributed by atoms with van der Waals surface area (Å²) >= 11 is 0. The third kappa shape index (κ3) is 2.10. The van der Waals surface area contributed by atoms with Crippen LogP contribution in [0.15, 0.2) is 42.7 Å². The largest absolute Gasteiger partial charge is 0.504 e. The molecule has 1 aromatic heterocycles. The molecule has 0 saturated heterocycles. The number of carbonyl (C=O) groups is 1. The minimum Gasteiger partial charge on any atom is -0.504 e. The number of hydrogen-bond donors (Lipinski definition) is 2. The SMILES string of the molecule is CN(C(=O)c1cccc(O)c1O)c1cccnc1. The molecule has 2 N–H and O–H groups in total. The monoisotopic (exact) mass is 244 g/mol. The van der Waals surface area contributed by atoms with E-state index < -0.39 is 11.7 Å². The van der Waals surface area contributed by atoms with E-state index in [1.54, 1.807) is 25.4 Å². The number of pyridine rings is 1. The Hall–Kier alpha value is -2.56. The molecule has 1 aromatic carbocycles. The first-order chi connectivity index (χ1) is 8.61. The Bertz CT molecular complexity index is 570. The van der Waals surface area contributed by atoms with Gasteiger partial charge in [0.15, 0.2) is 11.5 Å². The standard InChI is InChI=1S/C13H12N2O3/c1-15(9-4-3-7-14-8-9)13(18)10-5-2-6-11(16)12(10)17/h2-8,16-17H,1H3. The van der Waals surface area contributed by atoms with Crippen LogP contribution in [0.4, 0.5) is 5.69 Å². The van der Waals surface area contributed by atoms with E-state index in [4.69, 9.17) is 0 Å². The van der Waals surface area contributed by atoms with Gasteiger partial charge < -0.3 is 15.1 Å². The van der Waals surface area contributed by atoms with Gasteiger partial charge in [-0.25, -0.2) is 0 Å². The summed E-state index contributed by atoms with van der Waals surface area (Å²) in [6.07, 6.45) is 3.14. The van der Waals surface area contributed by atoms with Crippen molar-refractivity contribution in [3.8, 4) is 11.5 Å². The normalized spacial score (nSPS) is 10.1. The van der Waals surface area contributed by atoms with E-state index >= 15 is 0 Å². The van der Waals surface area contributed by atoms with Gasteiger partial charge in [0, 0.05) is 13.2 Å². The first-order valence-corrected chi connectivity index (χ1v) is 5.30. The predicted octanol–water partition coefficient (Wildman–Crippen LogP) is 1.77. The second-order valence-corrected chi connectivity index (χ2v) is 3.75. The molecule has 2 rings (SSSR count). The Morgan fingerprint density at radius 2 is 2.00 bits per heavy atom. The molecule has 0 aliphatic rings. The highest BCUT2D eigenvalue weighted by atomic mass is 16.3. The smallest absolute Gasteiger partial charge is 0.261 e. The minimum atomic E-state index is -0.420. The summed E-state index contributed by atoms with van der Waals surface area (Å²) in [5, 5.41) is 19.0. The van der Waals surface area contributed by atoms with Crippen molar-refractivity contribution in [2.24, 2.45) is 0 Å². The van der Waals surface area contributed by atoms with E-state index in [0.29, 0.717) is 5.69 Å². The van der Waals surface area contributed by atoms with E-state index in [9.17, 15) is 15.0 Å². The molecule has 0 aliphatic carbocycles. The second-order valence-electron chi connectivity index (χ2n) is 3.75. The molecule has 0 radical (unpaired) electrons. The van der Waals surface area contributed by atoms with Crippen LogP contribution in [0, 0.1) is 0 Å². The fourth-order valence-corrected chi connectivity index (χ4v) is 1.55. The van der Waals surface area contributed by atoms with Gasteiger partial charge in [0.1, 0.15) is 0 Å². The number of rotatable bonds is 2. The lowest BCUT2D eigenvalue weighted by molar-refractivity contribution is 0.0989. The molecule has 1 amide bonds. The zero-order valence-electron chi connectivity index (χ0n) is 9.74. The zero-order valence-corrected chi connectivity index (χ0v) is 9.74. The van der Waals surface area contributed by atoms with Crippen molar-refractivity contribution in [3.63, 3.8) is 0 Å². The molecule has 0 atom stereocenters. The van der Waals surface area contributed by atoms with Gasteiger partial charge in [-0.2, -0.15) is 0 Å². The number of amides is 1. The predicted molar refractivity (Wildman–Crippen MR) is 66.7 cm³/mol. The maximum absolute atomic E-state index is 12.1. The summed E-state index contributed by atoms with van der Waals surface area (Å²) in [6.45, 7) is 0. The van der Waals surface area contributed by atoms with Crippen molar-refractivity contribution >= 4 is 11.6 Å². The molecular formula is C13H12N2O3. The Morgan fingerprint density at radius 1 is 1.22 bits per heavy atom. The van der Waals surface area contributed by atoms with Crippen LogP contribution in [0.3, 0.4) is 0 Å². The molecule has 5 heteroatoms. The number of benzene rings is 1. The number of aromatic nitrogens is 1. The third-order valence-corrected chi connectivity index (χ3v) is 2.58. The van der Waals surface area contributed by atoms with E-state index in [-0.39, 0.29) is 11.3 Å². The number of anilines is 1. The number of phenolic OH excluding ortho intramolecular Hbond substituents is 2. The molecular weight excluding hydrogens is 232 g/mol. The van der Waals surface area contributed by atoms with E-state index in [1.165, 1.54) is 29.3 Å². The van der Waals surface area contributed by atoms with Crippen LogP contribution < -0.4 is 4.90 Å². The fraction of sp³-hybridized carbons (Fsp3) is 0.0769. The third-order valence-electron chi connectivity index (χ3n) is 2.58. The quantitative estimate of drug-likeness (QED) is 0.789. The van der Waals surface area contributed by atoms with Crippen LogP contribution in [0.1, 0.15) is 10.4 Å². The minimum absolute atomic E-state index is 0.0429. The van der Waals surface area contributed by atoms with Gasteiger partial charge in [0.05, 0.1) is 17.4 Å². The van der Waals surface area contributed by atoms with E-state index in [0.717, 1.165) is 0 Å². The molecule has 0 aliphatic heterocycles. The average Bonchev–Trinajstić information content (AvgIpc) is 2.41. The van der Waals surface area contributed by atoms with Crippen molar-refractivity contribution in [1.29, 1.82) is 0 Å². The van der Waals surface area contributed by atoms with E-state index in [2.05, 4.69) is 4.98 Å². The number of aromatic hydroxyl groups is 2. The number of hydrogen-bond acceptors (Lipinski definition) is 4. The lowest BCUT2D eigenvalue weighted by Crippen LogP contribution is -2.26. The second kappa shape index (κ2) is 4.75. The maximum Gasteiger partial charge on any atom is 0.261 e. The van der Waals surface area contributed by atoms with Crippen molar-refractivity contribution < 1.29 is 15.0 Å². The van der Waals surface area contributed by atoms with Crippen LogP contribution in [0.2, 0.25) is 0 Å². The molecule has 18 heavy (non-hydrogen) atoms. The highest BCUT2D eigenvalue weighted by molar-refractivity contribution is 6.07. The van der Waals surface area contributed by atoms with Gasteiger partial charge in [-0.3, -0.25) is 9.78 Å². The number of nitrogens with zero attached hydrogens (tertiary/aromatic N) is 2. The summed E-state index contributed by atoms with van der Waals surface area (Å²) in [5.74, 6) is -1.16. The number of phenols is 2. The molecule has 0 saturated carbocycles. The van der Waals surface area contributed by atoms with Gasteiger partial charge in [0.25, 0.3) is 5.91 Å². The number of para-hydroxylation sites is 1. The molecule has 92 valence electrons. The van der Waals surface area contributed by atoms with E-state index in [1.807, 2.05) is 0 Å². The van der Waals surface area contributed by atoms with Crippen LogP contribution in [0.25, 0.3) is 0 Å². The molecule has 5 nitrogen and oxygen atoms in total. The van der Waals surface area contributed by atoms with Gasteiger partial charge in [-0.05, 0) is 24.3 Å². The Kier molecular flexibility index (Phi) is 3.14. The summed E-state index contributed by atoms with van der Waals surface area (Å²) < 4.78 is 0. The highest BCUT2D eigenvalue weighted by Crippen LogP contribution is 2.29. The Labute approximate surface area is 104 Å². The molecule has 0 spiro atoms.